The molecule has 2 atom stereocenters. The van der Waals surface area contributed by atoms with Gasteiger partial charge in [-0.05, 0) is 106 Å². The highest BCUT2D eigenvalue weighted by molar-refractivity contribution is 5.84. The average Bonchev–Trinajstić information content (AvgIpc) is 3.65. The van der Waals surface area contributed by atoms with Gasteiger partial charge in [0.05, 0.1) is 16.5 Å². The van der Waals surface area contributed by atoms with Gasteiger partial charge in [0.25, 0.3) is 0 Å². The fraction of sp³-hybridized carbons (Fsp3) is 0.567. The summed E-state index contributed by atoms with van der Waals surface area (Å²) >= 11 is 0. The van der Waals surface area contributed by atoms with Crippen LogP contribution in [0.3, 0.4) is 0 Å². The fourth-order valence-electron chi connectivity index (χ4n) is 6.68. The number of nitrogens with zero attached hydrogens (tertiary/aromatic N) is 1. The molecule has 2 aromatic carbocycles. The van der Waals surface area contributed by atoms with E-state index in [-0.39, 0.29) is 36.0 Å². The van der Waals surface area contributed by atoms with E-state index in [4.69, 9.17) is 0 Å². The Kier molecular flexibility index (Phi) is 7.50. The molecule has 2 aliphatic carbocycles. The first-order valence-corrected chi connectivity index (χ1v) is 13.7. The van der Waals surface area contributed by atoms with Gasteiger partial charge in [0.1, 0.15) is 0 Å². The molecule has 0 spiro atoms. The summed E-state index contributed by atoms with van der Waals surface area (Å²) in [5.74, 6) is 0.502. The number of carbonyl (C=O) groups is 1. The zero-order chi connectivity index (χ0) is 28.0. The lowest BCUT2D eigenvalue weighted by Crippen LogP contribution is -2.44. The average molecular weight is 553 g/mol. The number of alkyl halides is 6. The molecule has 212 valence electrons. The van der Waals surface area contributed by atoms with Gasteiger partial charge in [0, 0.05) is 12.6 Å². The summed E-state index contributed by atoms with van der Waals surface area (Å²) in [6.07, 6.45) is -3.60. The van der Waals surface area contributed by atoms with Crippen LogP contribution in [0.4, 0.5) is 26.3 Å². The summed E-state index contributed by atoms with van der Waals surface area (Å²) in [6, 6.07) is 10.5. The number of hydrogen-bond donors (Lipinski definition) is 1. The van der Waals surface area contributed by atoms with Crippen LogP contribution in [0.1, 0.15) is 78.7 Å². The molecule has 1 aliphatic heterocycles. The van der Waals surface area contributed by atoms with Crippen LogP contribution in [0.2, 0.25) is 0 Å². The molecule has 1 amide bonds. The number of nitrogens with one attached hydrogen (secondary N) is 1. The van der Waals surface area contributed by atoms with Crippen LogP contribution in [0.25, 0.3) is 0 Å². The molecular formula is C30H34F6N2O. The zero-order valence-corrected chi connectivity index (χ0v) is 22.0. The molecule has 2 aromatic rings. The third-order valence-corrected chi connectivity index (χ3v) is 9.03. The number of aryl methyl sites for hydroxylation is 1. The number of rotatable bonds is 6. The number of carbonyl (C=O) groups excluding carboxylic acids is 1. The van der Waals surface area contributed by atoms with E-state index >= 15 is 0 Å². The lowest BCUT2D eigenvalue weighted by Gasteiger charge is -2.37. The van der Waals surface area contributed by atoms with E-state index in [2.05, 4.69) is 41.4 Å². The molecular weight excluding hydrogens is 518 g/mol. The molecule has 0 aromatic heterocycles. The normalized spacial score (nSPS) is 25.2. The highest BCUT2D eigenvalue weighted by Gasteiger charge is 2.55. The highest BCUT2D eigenvalue weighted by Crippen LogP contribution is 2.56. The van der Waals surface area contributed by atoms with Crippen LogP contribution in [0.5, 0.6) is 0 Å². The number of benzene rings is 2. The maximum atomic E-state index is 13.5. The largest absolute Gasteiger partial charge is 0.416 e. The second-order valence-electron chi connectivity index (χ2n) is 11.6. The predicted octanol–water partition coefficient (Wildman–Crippen LogP) is 7.48. The topological polar surface area (TPSA) is 32.3 Å². The van der Waals surface area contributed by atoms with Gasteiger partial charge >= 0.3 is 12.4 Å². The predicted molar refractivity (Wildman–Crippen MR) is 136 cm³/mol. The summed E-state index contributed by atoms with van der Waals surface area (Å²) in [5, 5.41) is 2.72. The Morgan fingerprint density at radius 2 is 1.49 bits per heavy atom. The maximum Gasteiger partial charge on any atom is 0.416 e. The van der Waals surface area contributed by atoms with Crippen LogP contribution in [0, 0.1) is 18.3 Å². The first kappa shape index (κ1) is 28.0. The minimum absolute atomic E-state index is 0.112. The molecule has 9 heteroatoms. The molecule has 0 bridgehead atoms. The number of likely N-dealkylation sites (tertiary alicyclic amines) is 1. The van der Waals surface area contributed by atoms with Crippen LogP contribution in [0.15, 0.2) is 42.5 Å². The van der Waals surface area contributed by atoms with Gasteiger partial charge in [-0.3, -0.25) is 4.79 Å². The lowest BCUT2D eigenvalue weighted by molar-refractivity contribution is -0.143. The molecule has 0 radical (unpaired) electrons. The van der Waals surface area contributed by atoms with E-state index in [1.807, 2.05) is 0 Å². The van der Waals surface area contributed by atoms with Gasteiger partial charge in [-0.1, -0.05) is 29.8 Å². The van der Waals surface area contributed by atoms with Crippen molar-refractivity contribution in [2.45, 2.75) is 82.7 Å². The number of halogens is 6. The van der Waals surface area contributed by atoms with Crippen molar-refractivity contribution in [3.63, 3.8) is 0 Å². The van der Waals surface area contributed by atoms with Crippen LogP contribution < -0.4 is 5.32 Å². The standard InChI is InChI=1S/C30H34F6N2O/c1-19-2-4-21(5-3-19)22-9-12-38(13-10-22)26-8-11-28(17-26,23-6-7-23)27(39)37-18-20-14-24(29(31,32)33)16-25(15-20)30(34,35)36/h2-5,14-16,22-23,26H,6-13,17-18H2,1H3,(H,37,39). The molecule has 39 heavy (non-hydrogen) atoms. The van der Waals surface area contributed by atoms with Crippen LogP contribution in [-0.4, -0.2) is 29.9 Å². The maximum absolute atomic E-state index is 13.5. The van der Waals surface area contributed by atoms with Crippen molar-refractivity contribution >= 4 is 5.91 Å². The Bertz CT molecular complexity index is 1150. The van der Waals surface area contributed by atoms with Crippen molar-refractivity contribution in [1.82, 2.24) is 10.2 Å². The number of hydrogen-bond acceptors (Lipinski definition) is 2. The first-order chi connectivity index (χ1) is 18.3. The number of amides is 1. The molecule has 3 aliphatic rings. The minimum Gasteiger partial charge on any atom is -0.352 e. The van der Waals surface area contributed by atoms with E-state index < -0.39 is 28.9 Å². The Hall–Kier alpha value is -2.55. The van der Waals surface area contributed by atoms with E-state index in [1.54, 1.807) is 0 Å². The lowest BCUT2D eigenvalue weighted by atomic mass is 9.79. The van der Waals surface area contributed by atoms with E-state index in [0.717, 1.165) is 45.2 Å². The third kappa shape index (κ3) is 6.13. The number of piperidine rings is 1. The molecule has 1 heterocycles. The van der Waals surface area contributed by atoms with Gasteiger partial charge in [0.2, 0.25) is 5.91 Å². The van der Waals surface area contributed by atoms with Gasteiger partial charge in [-0.2, -0.15) is 26.3 Å². The van der Waals surface area contributed by atoms with E-state index in [0.29, 0.717) is 30.9 Å². The Balaban J connectivity index is 1.23. The van der Waals surface area contributed by atoms with Crippen molar-refractivity contribution < 1.29 is 31.1 Å². The fourth-order valence-corrected chi connectivity index (χ4v) is 6.68. The van der Waals surface area contributed by atoms with Crippen LogP contribution >= 0.6 is 0 Å². The molecule has 5 rings (SSSR count). The molecule has 2 saturated carbocycles. The molecule has 1 saturated heterocycles. The van der Waals surface area contributed by atoms with Crippen LogP contribution in [-0.2, 0) is 23.7 Å². The third-order valence-electron chi connectivity index (χ3n) is 9.03. The van der Waals surface area contributed by atoms with Gasteiger partial charge in [-0.25, -0.2) is 0 Å². The highest BCUT2D eigenvalue weighted by atomic mass is 19.4. The quantitative estimate of drug-likeness (QED) is 0.377. The summed E-state index contributed by atoms with van der Waals surface area (Å²) < 4.78 is 79.5. The monoisotopic (exact) mass is 552 g/mol. The molecule has 3 nitrogen and oxygen atoms in total. The second-order valence-corrected chi connectivity index (χ2v) is 11.6. The van der Waals surface area contributed by atoms with Crippen molar-refractivity contribution in [3.05, 3.63) is 70.3 Å². The van der Waals surface area contributed by atoms with E-state index in [9.17, 15) is 31.1 Å². The summed E-state index contributed by atoms with van der Waals surface area (Å²) in [4.78, 5) is 16.0. The van der Waals surface area contributed by atoms with Crippen molar-refractivity contribution in [1.29, 1.82) is 0 Å². The van der Waals surface area contributed by atoms with Gasteiger partial charge in [0.15, 0.2) is 0 Å². The Labute approximate surface area is 225 Å². The Morgan fingerprint density at radius 3 is 2.03 bits per heavy atom. The zero-order valence-electron chi connectivity index (χ0n) is 22.0. The van der Waals surface area contributed by atoms with Crippen molar-refractivity contribution in [3.8, 4) is 0 Å². The minimum atomic E-state index is -4.92. The molecule has 3 fully saturated rings. The van der Waals surface area contributed by atoms with Crippen molar-refractivity contribution in [2.75, 3.05) is 13.1 Å². The second kappa shape index (κ2) is 10.5. The summed E-state index contributed by atoms with van der Waals surface area (Å²) in [5.41, 5.74) is -0.939. The summed E-state index contributed by atoms with van der Waals surface area (Å²) in [6.45, 7) is 3.62. The SMILES string of the molecule is Cc1ccc(C2CCN(C3CCC(C(=O)NCc4cc(C(F)(F)F)cc(C(F)(F)F)c4)(C4CC4)C3)CC2)cc1. The summed E-state index contributed by atoms with van der Waals surface area (Å²) in [7, 11) is 0. The van der Waals surface area contributed by atoms with Gasteiger partial charge in [-0.15, -0.1) is 0 Å². The van der Waals surface area contributed by atoms with E-state index in [1.165, 1.54) is 11.1 Å². The van der Waals surface area contributed by atoms with Crippen molar-refractivity contribution in [2.24, 2.45) is 11.3 Å². The molecule has 2 unspecified atom stereocenters. The smallest absolute Gasteiger partial charge is 0.352 e. The first-order valence-electron chi connectivity index (χ1n) is 13.7. The molecule has 1 N–H and O–H groups in total. The Morgan fingerprint density at radius 1 is 0.897 bits per heavy atom. The van der Waals surface area contributed by atoms with Gasteiger partial charge < -0.3 is 10.2 Å².